The van der Waals surface area contributed by atoms with E-state index in [1.807, 2.05) is 4.72 Å². The zero-order valence-electron chi connectivity index (χ0n) is 22.4. The van der Waals surface area contributed by atoms with Gasteiger partial charge in [-0.15, -0.1) is 0 Å². The molecule has 12 heteroatoms. The van der Waals surface area contributed by atoms with E-state index >= 15 is 0 Å². The second kappa shape index (κ2) is 13.2. The first kappa shape index (κ1) is 30.3. The van der Waals surface area contributed by atoms with E-state index in [2.05, 4.69) is 0 Å². The molecule has 0 bridgehead atoms. The first-order chi connectivity index (χ1) is 18.8. The highest BCUT2D eigenvalue weighted by atomic mass is 32.2. The number of aliphatic hydroxyl groups is 1. The van der Waals surface area contributed by atoms with E-state index in [4.69, 9.17) is 15.2 Å². The molecule has 0 saturated heterocycles. The average molecular weight is 572 g/mol. The van der Waals surface area contributed by atoms with Crippen molar-refractivity contribution in [1.82, 2.24) is 9.62 Å². The van der Waals surface area contributed by atoms with E-state index in [0.717, 1.165) is 22.3 Å². The summed E-state index contributed by atoms with van der Waals surface area (Å²) >= 11 is 0. The van der Waals surface area contributed by atoms with E-state index < -0.39 is 28.1 Å². The number of sulfonamides is 1. The zero-order valence-corrected chi connectivity index (χ0v) is 23.2. The van der Waals surface area contributed by atoms with Crippen LogP contribution in [0.5, 0.6) is 11.5 Å². The van der Waals surface area contributed by atoms with Crippen LogP contribution in [0.25, 0.3) is 11.1 Å². The summed E-state index contributed by atoms with van der Waals surface area (Å²) in [7, 11) is -3.74. The number of aliphatic hydroxyl groups excluding tert-OH is 1. The fourth-order valence-electron chi connectivity index (χ4n) is 3.78. The Morgan fingerprint density at radius 3 is 2.20 bits per heavy atom. The summed E-state index contributed by atoms with van der Waals surface area (Å²) in [5, 5.41) is 19.9. The normalized spacial score (nSPS) is 12.0. The number of nitrogens with zero attached hydrogens (tertiary/aromatic N) is 1. The molecule has 5 N–H and O–H groups in total. The number of nitrogen functional groups attached to an aromatic ring is 1. The first-order valence-corrected chi connectivity index (χ1v) is 14.3. The molecule has 3 aromatic rings. The Hall–Kier alpha value is -4.29. The topological polar surface area (TPSA) is 168 Å². The van der Waals surface area contributed by atoms with E-state index in [-0.39, 0.29) is 37.1 Å². The number of anilines is 1. The van der Waals surface area contributed by atoms with Crippen LogP contribution < -0.4 is 19.9 Å². The van der Waals surface area contributed by atoms with Crippen molar-refractivity contribution in [3.8, 4) is 22.6 Å². The molecule has 0 aliphatic carbocycles. The van der Waals surface area contributed by atoms with Gasteiger partial charge < -0.3 is 30.3 Å². The maximum Gasteiger partial charge on any atom is 0.407 e. The van der Waals surface area contributed by atoms with Crippen molar-refractivity contribution in [2.45, 2.75) is 26.1 Å². The number of ether oxygens (including phenoxy) is 2. The van der Waals surface area contributed by atoms with Crippen molar-refractivity contribution in [2.75, 3.05) is 31.7 Å². The highest BCUT2D eigenvalue weighted by Crippen LogP contribution is 2.29. The summed E-state index contributed by atoms with van der Waals surface area (Å²) in [5.74, 6) is -0.0373. The predicted octanol–water partition coefficient (Wildman–Crippen LogP) is 3.50. The molecule has 0 spiro atoms. The van der Waals surface area contributed by atoms with Crippen LogP contribution in [0, 0.1) is 0 Å². The molecule has 0 aliphatic rings. The third-order valence-corrected chi connectivity index (χ3v) is 6.23. The summed E-state index contributed by atoms with van der Waals surface area (Å²) in [6, 6.07) is 18.4. The van der Waals surface area contributed by atoms with Gasteiger partial charge in [0.05, 0.1) is 37.1 Å². The minimum Gasteiger partial charge on any atom is -0.492 e. The molecular weight excluding hydrogens is 538 g/mol. The number of nitrogens with one attached hydrogen (secondary N) is 1. The summed E-state index contributed by atoms with van der Waals surface area (Å²) in [5.41, 5.74) is 8.37. The van der Waals surface area contributed by atoms with Crippen LogP contribution in [0.3, 0.4) is 0 Å². The average Bonchev–Trinajstić information content (AvgIpc) is 2.87. The minimum atomic E-state index is -3.74. The number of benzene rings is 3. The van der Waals surface area contributed by atoms with E-state index in [0.29, 0.717) is 17.0 Å². The SMILES string of the molecule is CC(C)Oc1cc(-c2ccc(OCCN(C[C@H](O)c3ccc(N)cc3)C(=O)O)cc2)ccc1C(=O)NS(C)(=O)=O. The molecule has 3 aromatic carbocycles. The maximum atomic E-state index is 12.4. The number of amides is 2. The number of hydrogen-bond acceptors (Lipinski definition) is 8. The van der Waals surface area contributed by atoms with Crippen LogP contribution in [0.2, 0.25) is 0 Å². The monoisotopic (exact) mass is 571 g/mol. The van der Waals surface area contributed by atoms with Crippen LogP contribution in [0.1, 0.15) is 35.9 Å². The Bertz CT molecular complexity index is 1420. The Labute approximate surface area is 233 Å². The number of rotatable bonds is 12. The van der Waals surface area contributed by atoms with Crippen molar-refractivity contribution < 1.29 is 37.7 Å². The van der Waals surface area contributed by atoms with Crippen molar-refractivity contribution in [2.24, 2.45) is 0 Å². The second-order valence-corrected chi connectivity index (χ2v) is 11.1. The molecule has 0 aliphatic heterocycles. The lowest BCUT2D eigenvalue weighted by atomic mass is 10.0. The van der Waals surface area contributed by atoms with Gasteiger partial charge in [-0.2, -0.15) is 0 Å². The van der Waals surface area contributed by atoms with E-state index in [1.54, 1.807) is 74.5 Å². The van der Waals surface area contributed by atoms with Crippen LogP contribution in [-0.2, 0) is 10.0 Å². The lowest BCUT2D eigenvalue weighted by Crippen LogP contribution is -2.36. The number of nitrogens with two attached hydrogens (primary N) is 1. The Kier molecular flexibility index (Phi) is 9.97. The van der Waals surface area contributed by atoms with Gasteiger partial charge in [-0.3, -0.25) is 4.79 Å². The van der Waals surface area contributed by atoms with Gasteiger partial charge >= 0.3 is 6.09 Å². The molecule has 0 heterocycles. The third-order valence-electron chi connectivity index (χ3n) is 5.67. The van der Waals surface area contributed by atoms with E-state index in [1.165, 1.54) is 6.07 Å². The van der Waals surface area contributed by atoms with Gasteiger partial charge in [0.1, 0.15) is 18.1 Å². The van der Waals surface area contributed by atoms with Gasteiger partial charge in [0.25, 0.3) is 5.91 Å². The number of hydrogen-bond donors (Lipinski definition) is 4. The zero-order chi connectivity index (χ0) is 29.4. The molecule has 11 nitrogen and oxygen atoms in total. The molecule has 214 valence electrons. The van der Waals surface area contributed by atoms with Crippen molar-refractivity contribution in [3.05, 3.63) is 77.9 Å². The lowest BCUT2D eigenvalue weighted by molar-refractivity contribution is 0.0894. The van der Waals surface area contributed by atoms with E-state index in [9.17, 15) is 28.2 Å². The Balaban J connectivity index is 1.65. The minimum absolute atomic E-state index is 0.0377. The van der Waals surface area contributed by atoms with Crippen molar-refractivity contribution in [1.29, 1.82) is 0 Å². The molecule has 0 saturated carbocycles. The summed E-state index contributed by atoms with van der Waals surface area (Å²) in [6.45, 7) is 3.57. The van der Waals surface area contributed by atoms with Crippen LogP contribution in [0.15, 0.2) is 66.7 Å². The Morgan fingerprint density at radius 2 is 1.62 bits per heavy atom. The number of carboxylic acid groups (broad SMARTS) is 1. The van der Waals surface area contributed by atoms with Gasteiger partial charge in [0, 0.05) is 5.69 Å². The van der Waals surface area contributed by atoms with Crippen molar-refractivity contribution in [3.63, 3.8) is 0 Å². The van der Waals surface area contributed by atoms with Crippen LogP contribution >= 0.6 is 0 Å². The second-order valence-electron chi connectivity index (χ2n) is 9.36. The van der Waals surface area contributed by atoms with Crippen LogP contribution in [-0.4, -0.2) is 67.6 Å². The molecule has 0 unspecified atom stereocenters. The molecule has 0 radical (unpaired) electrons. The largest absolute Gasteiger partial charge is 0.492 e. The van der Waals surface area contributed by atoms with Crippen LogP contribution in [0.4, 0.5) is 10.5 Å². The standard InChI is InChI=1S/C28H33N3O8S/c1-18(2)39-26-16-21(8-13-24(26)27(33)30-40(3,36)37)19-6-11-23(12-7-19)38-15-14-31(28(34)35)17-25(32)20-4-9-22(29)10-5-20/h4-13,16,18,25,32H,14-15,17,29H2,1-3H3,(H,30,33)(H,34,35)/t25-/m0/s1. The lowest BCUT2D eigenvalue weighted by Gasteiger charge is -2.23. The van der Waals surface area contributed by atoms with Gasteiger partial charge in [-0.1, -0.05) is 30.3 Å². The van der Waals surface area contributed by atoms with Gasteiger partial charge in [0.2, 0.25) is 10.0 Å². The highest BCUT2D eigenvalue weighted by Gasteiger charge is 2.19. The quantitative estimate of drug-likeness (QED) is 0.238. The number of carbonyl (C=O) groups excluding carboxylic acids is 1. The van der Waals surface area contributed by atoms with Gasteiger partial charge in [0.15, 0.2) is 0 Å². The Morgan fingerprint density at radius 1 is 1.00 bits per heavy atom. The molecule has 1 atom stereocenters. The van der Waals surface area contributed by atoms with Gasteiger partial charge in [-0.25, -0.2) is 17.9 Å². The third kappa shape index (κ3) is 8.89. The fourth-order valence-corrected chi connectivity index (χ4v) is 4.23. The fraction of sp³-hybridized carbons (Fsp3) is 0.286. The molecule has 2 amide bonds. The maximum absolute atomic E-state index is 12.4. The summed E-state index contributed by atoms with van der Waals surface area (Å²) < 4.78 is 36.4. The molecule has 0 aromatic heterocycles. The highest BCUT2D eigenvalue weighted by molar-refractivity contribution is 7.89. The molecule has 3 rings (SSSR count). The number of carbonyl (C=O) groups is 2. The van der Waals surface area contributed by atoms with Crippen molar-refractivity contribution >= 4 is 27.7 Å². The smallest absolute Gasteiger partial charge is 0.407 e. The molecule has 0 fully saturated rings. The predicted molar refractivity (Wildman–Crippen MR) is 151 cm³/mol. The first-order valence-electron chi connectivity index (χ1n) is 12.4. The summed E-state index contributed by atoms with van der Waals surface area (Å²) in [4.78, 5) is 25.2. The summed E-state index contributed by atoms with van der Waals surface area (Å²) in [6.07, 6.45) is -1.55. The molecular formula is C28H33N3O8S. The van der Waals surface area contributed by atoms with Gasteiger partial charge in [-0.05, 0) is 66.9 Å². The molecule has 40 heavy (non-hydrogen) atoms.